The van der Waals surface area contributed by atoms with Crippen LogP contribution in [-0.4, -0.2) is 40.7 Å². The van der Waals surface area contributed by atoms with Crippen molar-refractivity contribution in [2.24, 2.45) is 0 Å². The molecule has 0 spiro atoms. The molecule has 21 heavy (non-hydrogen) atoms. The molecule has 116 valence electrons. The second-order valence-corrected chi connectivity index (χ2v) is 5.99. The number of rotatable bonds is 4. The molecule has 1 heterocycles. The summed E-state index contributed by atoms with van der Waals surface area (Å²) in [6, 6.07) is 5.19. The fourth-order valence-corrected chi connectivity index (χ4v) is 2.78. The molecular formula is C15H23N3O3. The number of benzene rings is 1. The van der Waals surface area contributed by atoms with E-state index in [1.807, 2.05) is 19.1 Å². The molecule has 0 radical (unpaired) electrons. The fourth-order valence-electron chi connectivity index (χ4n) is 2.78. The van der Waals surface area contributed by atoms with Crippen LogP contribution in [-0.2, 0) is 6.54 Å². The smallest absolute Gasteiger partial charge is 0.292 e. The maximum atomic E-state index is 10.9. The molecule has 1 aliphatic heterocycles. The number of hydrogen-bond donors (Lipinski definition) is 2. The summed E-state index contributed by atoms with van der Waals surface area (Å²) in [6.07, 6.45) is 2.56. The third kappa shape index (κ3) is 4.15. The van der Waals surface area contributed by atoms with Gasteiger partial charge in [-0.05, 0) is 44.4 Å². The largest absolute Gasteiger partial charge is 0.390 e. The maximum absolute atomic E-state index is 10.9. The Morgan fingerprint density at radius 3 is 2.86 bits per heavy atom. The highest BCUT2D eigenvalue weighted by Gasteiger charge is 2.25. The Bertz CT molecular complexity index is 517. The molecule has 2 N–H and O–H groups in total. The van der Waals surface area contributed by atoms with Gasteiger partial charge in [0, 0.05) is 26.2 Å². The molecular weight excluding hydrogens is 270 g/mol. The van der Waals surface area contributed by atoms with Crippen molar-refractivity contribution in [3.8, 4) is 0 Å². The van der Waals surface area contributed by atoms with E-state index in [0.29, 0.717) is 5.69 Å². The van der Waals surface area contributed by atoms with E-state index in [1.165, 1.54) is 0 Å². The van der Waals surface area contributed by atoms with Gasteiger partial charge in [-0.2, -0.15) is 0 Å². The number of likely N-dealkylation sites (tertiary alicyclic amines) is 1. The first-order valence-corrected chi connectivity index (χ1v) is 7.31. The molecule has 1 fully saturated rings. The molecule has 0 saturated carbocycles. The quantitative estimate of drug-likeness (QED) is 0.658. The van der Waals surface area contributed by atoms with Gasteiger partial charge in [-0.1, -0.05) is 6.07 Å². The molecule has 0 amide bonds. The van der Waals surface area contributed by atoms with E-state index in [-0.39, 0.29) is 10.6 Å². The molecule has 0 aliphatic carbocycles. The van der Waals surface area contributed by atoms with E-state index in [2.05, 4.69) is 10.2 Å². The van der Waals surface area contributed by atoms with Crippen molar-refractivity contribution in [1.29, 1.82) is 0 Å². The Morgan fingerprint density at radius 1 is 1.43 bits per heavy atom. The van der Waals surface area contributed by atoms with E-state index in [9.17, 15) is 15.2 Å². The summed E-state index contributed by atoms with van der Waals surface area (Å²) in [5.41, 5.74) is 1.12. The van der Waals surface area contributed by atoms with Crippen LogP contribution >= 0.6 is 0 Å². The molecule has 1 atom stereocenters. The van der Waals surface area contributed by atoms with Gasteiger partial charge in [0.05, 0.1) is 10.5 Å². The Kier molecular flexibility index (Phi) is 4.80. The molecule has 6 heteroatoms. The van der Waals surface area contributed by atoms with E-state index in [0.717, 1.165) is 44.5 Å². The highest BCUT2D eigenvalue weighted by Crippen LogP contribution is 2.27. The summed E-state index contributed by atoms with van der Waals surface area (Å²) in [4.78, 5) is 12.8. The monoisotopic (exact) mass is 293 g/mol. The van der Waals surface area contributed by atoms with Crippen LogP contribution in [0.4, 0.5) is 11.4 Å². The van der Waals surface area contributed by atoms with Crippen LogP contribution in [0.1, 0.15) is 31.7 Å². The first-order valence-electron chi connectivity index (χ1n) is 7.31. The number of nitrogens with one attached hydrogen (secondary N) is 1. The van der Waals surface area contributed by atoms with Crippen molar-refractivity contribution in [1.82, 2.24) is 4.90 Å². The Balaban J connectivity index is 2.07. The van der Waals surface area contributed by atoms with Crippen molar-refractivity contribution >= 4 is 11.4 Å². The maximum Gasteiger partial charge on any atom is 0.292 e. The Morgan fingerprint density at radius 2 is 2.19 bits per heavy atom. The summed E-state index contributed by atoms with van der Waals surface area (Å²) in [5.74, 6) is 0. The summed E-state index contributed by atoms with van der Waals surface area (Å²) in [5, 5.41) is 23.9. The van der Waals surface area contributed by atoms with Gasteiger partial charge in [0.1, 0.15) is 5.69 Å². The summed E-state index contributed by atoms with van der Waals surface area (Å²) in [6.45, 7) is 4.44. The van der Waals surface area contributed by atoms with Crippen molar-refractivity contribution < 1.29 is 10.0 Å². The lowest BCUT2D eigenvalue weighted by molar-refractivity contribution is -0.384. The average molecular weight is 293 g/mol. The predicted octanol–water partition coefficient (Wildman–Crippen LogP) is 2.37. The number of nitrogens with zero attached hydrogens (tertiary/aromatic N) is 2. The molecule has 0 bridgehead atoms. The SMILES string of the molecule is CNc1cc(CN2CCCC(C)(O)CC2)ccc1[N+](=O)[O-]. The highest BCUT2D eigenvalue weighted by atomic mass is 16.6. The molecule has 0 aromatic heterocycles. The Labute approximate surface area is 124 Å². The normalized spacial score (nSPS) is 23.6. The van der Waals surface area contributed by atoms with Gasteiger partial charge in [-0.15, -0.1) is 0 Å². The Hall–Kier alpha value is -1.66. The predicted molar refractivity (Wildman–Crippen MR) is 82.4 cm³/mol. The minimum Gasteiger partial charge on any atom is -0.390 e. The van der Waals surface area contributed by atoms with Gasteiger partial charge in [0.25, 0.3) is 5.69 Å². The number of nitro groups is 1. The average Bonchev–Trinajstić information content (AvgIpc) is 2.60. The zero-order chi connectivity index (χ0) is 15.5. The van der Waals surface area contributed by atoms with Crippen LogP contribution in [0.25, 0.3) is 0 Å². The third-order valence-electron chi connectivity index (χ3n) is 4.09. The lowest BCUT2D eigenvalue weighted by atomic mass is 9.98. The summed E-state index contributed by atoms with van der Waals surface area (Å²) >= 11 is 0. The van der Waals surface area contributed by atoms with Crippen LogP contribution < -0.4 is 5.32 Å². The zero-order valence-corrected chi connectivity index (χ0v) is 12.6. The van der Waals surface area contributed by atoms with Crippen molar-refractivity contribution in [3.63, 3.8) is 0 Å². The summed E-state index contributed by atoms with van der Waals surface area (Å²) < 4.78 is 0. The first-order chi connectivity index (χ1) is 9.91. The van der Waals surface area contributed by atoms with Gasteiger partial charge >= 0.3 is 0 Å². The first kappa shape index (κ1) is 15.7. The molecule has 1 aliphatic rings. The fraction of sp³-hybridized carbons (Fsp3) is 0.600. The van der Waals surface area contributed by atoms with Gasteiger partial charge in [0.15, 0.2) is 0 Å². The molecule has 2 rings (SSSR count). The lowest BCUT2D eigenvalue weighted by Crippen LogP contribution is -2.28. The number of nitro benzene ring substituents is 1. The second-order valence-electron chi connectivity index (χ2n) is 5.99. The summed E-state index contributed by atoms with van der Waals surface area (Å²) in [7, 11) is 1.69. The van der Waals surface area contributed by atoms with E-state index >= 15 is 0 Å². The van der Waals surface area contributed by atoms with Crippen LogP contribution in [0.3, 0.4) is 0 Å². The van der Waals surface area contributed by atoms with Crippen molar-refractivity contribution in [2.45, 2.75) is 38.3 Å². The standard InChI is InChI=1S/C15H23N3O3/c1-15(19)6-3-8-17(9-7-15)11-12-4-5-14(18(20)21)13(10-12)16-2/h4-5,10,16,19H,3,6-9,11H2,1-2H3. The van der Waals surface area contributed by atoms with Crippen LogP contribution in [0, 0.1) is 10.1 Å². The molecule has 1 aromatic rings. The zero-order valence-electron chi connectivity index (χ0n) is 12.6. The molecule has 1 aromatic carbocycles. The lowest BCUT2D eigenvalue weighted by Gasteiger charge is -2.22. The van der Waals surface area contributed by atoms with Gasteiger partial charge in [-0.3, -0.25) is 15.0 Å². The van der Waals surface area contributed by atoms with Crippen molar-refractivity contribution in [3.05, 3.63) is 33.9 Å². The molecule has 1 unspecified atom stereocenters. The minimum absolute atomic E-state index is 0.0973. The number of anilines is 1. The minimum atomic E-state index is -0.569. The van der Waals surface area contributed by atoms with E-state index in [4.69, 9.17) is 0 Å². The molecule has 6 nitrogen and oxygen atoms in total. The number of hydrogen-bond acceptors (Lipinski definition) is 5. The number of aliphatic hydroxyl groups is 1. The molecule has 1 saturated heterocycles. The third-order valence-corrected chi connectivity index (χ3v) is 4.09. The van der Waals surface area contributed by atoms with Crippen LogP contribution in [0.15, 0.2) is 18.2 Å². The highest BCUT2D eigenvalue weighted by molar-refractivity contribution is 5.62. The van der Waals surface area contributed by atoms with Gasteiger partial charge in [-0.25, -0.2) is 0 Å². The van der Waals surface area contributed by atoms with E-state index < -0.39 is 5.60 Å². The topological polar surface area (TPSA) is 78.6 Å². The van der Waals surface area contributed by atoms with Crippen LogP contribution in [0.5, 0.6) is 0 Å². The van der Waals surface area contributed by atoms with E-state index in [1.54, 1.807) is 13.1 Å². The van der Waals surface area contributed by atoms with Gasteiger partial charge < -0.3 is 10.4 Å². The van der Waals surface area contributed by atoms with Crippen LogP contribution in [0.2, 0.25) is 0 Å². The second kappa shape index (κ2) is 6.41. The van der Waals surface area contributed by atoms with Gasteiger partial charge in [0.2, 0.25) is 0 Å². The van der Waals surface area contributed by atoms with Crippen molar-refractivity contribution in [2.75, 3.05) is 25.5 Å².